The molecule has 0 radical (unpaired) electrons. The van der Waals surface area contributed by atoms with E-state index in [9.17, 15) is 0 Å². The summed E-state index contributed by atoms with van der Waals surface area (Å²) in [4.78, 5) is 0. The van der Waals surface area contributed by atoms with Crippen LogP contribution < -0.4 is 5.73 Å². The lowest BCUT2D eigenvalue weighted by atomic mass is 10.2. The molecule has 0 fully saturated rings. The van der Waals surface area contributed by atoms with Crippen molar-refractivity contribution < 1.29 is 9.63 Å². The van der Waals surface area contributed by atoms with Gasteiger partial charge < -0.3 is 15.4 Å². The number of rotatable bonds is 2. The Kier molecular flexibility index (Phi) is 2.03. The Hall–Kier alpha value is -0.870. The molecule has 1 aromatic rings. The zero-order valence-electron chi connectivity index (χ0n) is 5.74. The van der Waals surface area contributed by atoms with Gasteiger partial charge in [0.25, 0.3) is 0 Å². The van der Waals surface area contributed by atoms with Crippen LogP contribution >= 0.6 is 0 Å². The first kappa shape index (κ1) is 7.24. The highest BCUT2D eigenvalue weighted by atomic mass is 16.5. The fourth-order valence-electron chi connectivity index (χ4n) is 0.663. The van der Waals surface area contributed by atoms with Gasteiger partial charge in [-0.15, -0.1) is 0 Å². The molecule has 0 saturated carbocycles. The van der Waals surface area contributed by atoms with Gasteiger partial charge in [0.1, 0.15) is 17.6 Å². The van der Waals surface area contributed by atoms with Crippen molar-refractivity contribution in [2.75, 3.05) is 6.54 Å². The summed E-state index contributed by atoms with van der Waals surface area (Å²) in [6.45, 7) is 1.94. The second kappa shape index (κ2) is 2.81. The number of hydrogen-bond donors (Lipinski definition) is 2. The van der Waals surface area contributed by atoms with E-state index in [1.807, 2.05) is 0 Å². The van der Waals surface area contributed by atoms with Crippen LogP contribution in [0.15, 0.2) is 10.6 Å². The number of aromatic nitrogens is 1. The van der Waals surface area contributed by atoms with E-state index in [1.165, 1.54) is 0 Å². The van der Waals surface area contributed by atoms with Gasteiger partial charge in [0.15, 0.2) is 0 Å². The third kappa shape index (κ3) is 1.34. The van der Waals surface area contributed by atoms with Crippen LogP contribution in [0.4, 0.5) is 0 Å². The van der Waals surface area contributed by atoms with Crippen LogP contribution in [0.25, 0.3) is 0 Å². The van der Waals surface area contributed by atoms with Crippen molar-refractivity contribution in [3.63, 3.8) is 0 Å². The van der Waals surface area contributed by atoms with Gasteiger partial charge in [-0.1, -0.05) is 5.16 Å². The number of aliphatic hydroxyl groups is 1. The third-order valence-electron chi connectivity index (χ3n) is 1.21. The van der Waals surface area contributed by atoms with E-state index >= 15 is 0 Å². The van der Waals surface area contributed by atoms with Crippen molar-refractivity contribution in [2.45, 2.75) is 13.0 Å². The maximum atomic E-state index is 9.10. The first-order valence-electron chi connectivity index (χ1n) is 3.05. The number of nitrogens with two attached hydrogens (primary N) is 1. The molecule has 0 unspecified atom stereocenters. The zero-order valence-corrected chi connectivity index (χ0v) is 5.74. The van der Waals surface area contributed by atoms with Crippen molar-refractivity contribution in [1.82, 2.24) is 5.16 Å². The number of hydrogen-bond acceptors (Lipinski definition) is 4. The molecule has 0 aliphatic rings. The molecule has 1 heterocycles. The molecule has 4 nitrogen and oxygen atoms in total. The minimum Gasteiger partial charge on any atom is -0.385 e. The topological polar surface area (TPSA) is 72.3 Å². The molecule has 1 atom stereocenters. The molecule has 0 aliphatic carbocycles. The van der Waals surface area contributed by atoms with E-state index in [0.717, 1.165) is 0 Å². The molecule has 0 aliphatic heterocycles. The van der Waals surface area contributed by atoms with Crippen LogP contribution in [0.5, 0.6) is 0 Å². The van der Waals surface area contributed by atoms with Gasteiger partial charge >= 0.3 is 0 Å². The Labute approximate surface area is 58.6 Å². The Bertz CT molecular complexity index is 209. The van der Waals surface area contributed by atoms with Gasteiger partial charge in [-0.3, -0.25) is 0 Å². The molecular formula is C6H10N2O2. The summed E-state index contributed by atoms with van der Waals surface area (Å²) in [5, 5.41) is 12.7. The predicted octanol–water partition coefficient (Wildman–Crippen LogP) is -0.0249. The second-order valence-electron chi connectivity index (χ2n) is 2.11. The summed E-state index contributed by atoms with van der Waals surface area (Å²) in [6.07, 6.45) is -0.697. The summed E-state index contributed by atoms with van der Waals surface area (Å²) in [7, 11) is 0. The minimum atomic E-state index is -0.697. The molecule has 0 aromatic carbocycles. The molecular weight excluding hydrogens is 132 g/mol. The molecule has 1 aromatic heterocycles. The van der Waals surface area contributed by atoms with Crippen molar-refractivity contribution in [3.05, 3.63) is 17.5 Å². The van der Waals surface area contributed by atoms with Crippen LogP contribution in [-0.4, -0.2) is 16.8 Å². The van der Waals surface area contributed by atoms with Gasteiger partial charge in [0.2, 0.25) is 0 Å². The second-order valence-corrected chi connectivity index (χ2v) is 2.11. The van der Waals surface area contributed by atoms with Crippen LogP contribution in [0, 0.1) is 6.92 Å². The summed E-state index contributed by atoms with van der Waals surface area (Å²) < 4.78 is 4.72. The molecule has 0 saturated heterocycles. The van der Waals surface area contributed by atoms with Gasteiger partial charge in [-0.2, -0.15) is 0 Å². The molecule has 56 valence electrons. The molecule has 0 spiro atoms. The number of nitrogens with zero attached hydrogens (tertiary/aromatic N) is 1. The maximum Gasteiger partial charge on any atom is 0.134 e. The number of aliphatic hydroxyl groups excluding tert-OH is 1. The Morgan fingerprint density at radius 2 is 2.60 bits per heavy atom. The van der Waals surface area contributed by atoms with Crippen molar-refractivity contribution in [3.8, 4) is 0 Å². The average molecular weight is 142 g/mol. The quantitative estimate of drug-likeness (QED) is 0.608. The summed E-state index contributed by atoms with van der Waals surface area (Å²) in [5.74, 6) is 0.683. The van der Waals surface area contributed by atoms with Crippen LogP contribution in [0.3, 0.4) is 0 Å². The fraction of sp³-hybridized carbons (Fsp3) is 0.500. The molecule has 0 bridgehead atoms. The van der Waals surface area contributed by atoms with Gasteiger partial charge in [0.05, 0.1) is 0 Å². The van der Waals surface area contributed by atoms with Crippen LogP contribution in [-0.2, 0) is 0 Å². The Morgan fingerprint density at radius 3 is 3.00 bits per heavy atom. The van der Waals surface area contributed by atoms with E-state index in [4.69, 9.17) is 15.4 Å². The Balaban J connectivity index is 2.74. The van der Waals surface area contributed by atoms with Crippen molar-refractivity contribution in [2.24, 2.45) is 5.73 Å². The number of aryl methyl sites for hydroxylation is 1. The summed E-state index contributed by atoms with van der Waals surface area (Å²) in [6, 6.07) is 1.66. The van der Waals surface area contributed by atoms with E-state index in [-0.39, 0.29) is 6.54 Å². The smallest absolute Gasteiger partial charge is 0.134 e. The SMILES string of the molecule is Cc1cc([C@H](O)CN)no1. The monoisotopic (exact) mass is 142 g/mol. The molecule has 1 rings (SSSR count). The van der Waals surface area contributed by atoms with E-state index < -0.39 is 6.10 Å². The standard InChI is InChI=1S/C6H10N2O2/c1-4-2-5(8-10-4)6(9)3-7/h2,6,9H,3,7H2,1H3/t6-/m1/s1. The summed E-state index contributed by atoms with van der Waals surface area (Å²) in [5.41, 5.74) is 5.68. The van der Waals surface area contributed by atoms with Gasteiger partial charge in [0, 0.05) is 12.6 Å². The van der Waals surface area contributed by atoms with Crippen LogP contribution in [0.2, 0.25) is 0 Å². The lowest BCUT2D eigenvalue weighted by Crippen LogP contribution is -2.11. The molecule has 3 N–H and O–H groups in total. The lowest BCUT2D eigenvalue weighted by Gasteiger charge is -1.99. The van der Waals surface area contributed by atoms with Gasteiger partial charge in [-0.25, -0.2) is 0 Å². The van der Waals surface area contributed by atoms with Crippen LogP contribution in [0.1, 0.15) is 17.6 Å². The highest BCUT2D eigenvalue weighted by Gasteiger charge is 2.08. The molecule has 4 heteroatoms. The van der Waals surface area contributed by atoms with Crippen molar-refractivity contribution >= 4 is 0 Å². The van der Waals surface area contributed by atoms with Crippen molar-refractivity contribution in [1.29, 1.82) is 0 Å². The van der Waals surface area contributed by atoms with E-state index in [0.29, 0.717) is 11.5 Å². The summed E-state index contributed by atoms with van der Waals surface area (Å²) >= 11 is 0. The first-order valence-corrected chi connectivity index (χ1v) is 3.05. The fourth-order valence-corrected chi connectivity index (χ4v) is 0.663. The third-order valence-corrected chi connectivity index (χ3v) is 1.21. The minimum absolute atomic E-state index is 0.173. The zero-order chi connectivity index (χ0) is 7.56. The van der Waals surface area contributed by atoms with E-state index in [2.05, 4.69) is 5.16 Å². The van der Waals surface area contributed by atoms with Gasteiger partial charge in [-0.05, 0) is 6.92 Å². The largest absolute Gasteiger partial charge is 0.385 e. The predicted molar refractivity (Wildman–Crippen MR) is 35.3 cm³/mol. The molecule has 10 heavy (non-hydrogen) atoms. The highest BCUT2D eigenvalue weighted by molar-refractivity contribution is 5.06. The molecule has 0 amide bonds. The van der Waals surface area contributed by atoms with E-state index in [1.54, 1.807) is 13.0 Å². The maximum absolute atomic E-state index is 9.10. The highest BCUT2D eigenvalue weighted by Crippen LogP contribution is 2.09. The lowest BCUT2D eigenvalue weighted by molar-refractivity contribution is 0.176. The normalized spacial score (nSPS) is 13.5. The average Bonchev–Trinajstić information content (AvgIpc) is 2.34. The first-order chi connectivity index (χ1) is 4.74. The Morgan fingerprint density at radius 1 is 1.90 bits per heavy atom.